The van der Waals surface area contributed by atoms with Crippen LogP contribution in [0.4, 0.5) is 4.79 Å². The molecule has 0 heterocycles. The molecule has 0 radical (unpaired) electrons. The van der Waals surface area contributed by atoms with Crippen LogP contribution in [-0.2, 0) is 16.0 Å². The van der Waals surface area contributed by atoms with Crippen molar-refractivity contribution in [3.05, 3.63) is 46.3 Å². The van der Waals surface area contributed by atoms with Crippen LogP contribution in [0.25, 0.3) is 10.4 Å². The first-order valence-corrected chi connectivity index (χ1v) is 5.14. The Hall–Kier alpha value is -2.53. The van der Waals surface area contributed by atoms with Crippen molar-refractivity contribution in [1.29, 1.82) is 0 Å². The predicted molar refractivity (Wildman–Crippen MR) is 63.6 cm³/mol. The van der Waals surface area contributed by atoms with E-state index >= 15 is 0 Å². The number of amides is 2. The Morgan fingerprint density at radius 2 is 2.11 bits per heavy atom. The molecular weight excluding hydrogens is 236 g/mol. The van der Waals surface area contributed by atoms with Gasteiger partial charge < -0.3 is 10.1 Å². The van der Waals surface area contributed by atoms with E-state index in [0.29, 0.717) is 0 Å². The van der Waals surface area contributed by atoms with Crippen LogP contribution in [-0.4, -0.2) is 25.2 Å². The van der Waals surface area contributed by atoms with Crippen molar-refractivity contribution in [2.24, 2.45) is 5.11 Å². The minimum absolute atomic E-state index is 0.264. The van der Waals surface area contributed by atoms with Gasteiger partial charge >= 0.3 is 12.0 Å². The smallest absolute Gasteiger partial charge is 0.328 e. The summed E-state index contributed by atoms with van der Waals surface area (Å²) >= 11 is 0. The monoisotopic (exact) mass is 248 g/mol. The highest BCUT2D eigenvalue weighted by Gasteiger charge is 2.21. The highest BCUT2D eigenvalue weighted by Crippen LogP contribution is 2.04. The van der Waals surface area contributed by atoms with Gasteiger partial charge in [0.05, 0.1) is 7.11 Å². The molecule has 94 valence electrons. The van der Waals surface area contributed by atoms with Crippen molar-refractivity contribution in [2.75, 3.05) is 7.11 Å². The van der Waals surface area contributed by atoms with Gasteiger partial charge in [-0.1, -0.05) is 30.3 Å². The van der Waals surface area contributed by atoms with Gasteiger partial charge in [-0.15, -0.1) is 0 Å². The summed E-state index contributed by atoms with van der Waals surface area (Å²) in [7, 11) is 1.22. The normalized spacial score (nSPS) is 10.9. The maximum absolute atomic E-state index is 11.5. The first-order valence-electron chi connectivity index (χ1n) is 5.14. The number of carbonyl (C=O) groups is 2. The van der Waals surface area contributed by atoms with Crippen molar-refractivity contribution < 1.29 is 14.3 Å². The number of hydrogen-bond donors (Lipinski definition) is 1. The van der Waals surface area contributed by atoms with E-state index in [0.717, 1.165) is 5.56 Å². The maximum atomic E-state index is 11.5. The van der Waals surface area contributed by atoms with Crippen molar-refractivity contribution in [3.63, 3.8) is 0 Å². The zero-order chi connectivity index (χ0) is 13.4. The van der Waals surface area contributed by atoms with Crippen LogP contribution in [0, 0.1) is 0 Å². The minimum atomic E-state index is -0.913. The lowest BCUT2D eigenvalue weighted by Crippen LogP contribution is -2.41. The fourth-order valence-electron chi connectivity index (χ4n) is 1.40. The van der Waals surface area contributed by atoms with Crippen LogP contribution in [0.15, 0.2) is 35.4 Å². The molecule has 1 atom stereocenters. The summed E-state index contributed by atoms with van der Waals surface area (Å²) in [6.07, 6.45) is 0.264. The van der Waals surface area contributed by atoms with Crippen LogP contribution in [0.5, 0.6) is 0 Å². The number of azide groups is 1. The molecule has 0 aromatic heterocycles. The molecule has 1 aromatic carbocycles. The van der Waals surface area contributed by atoms with Crippen molar-refractivity contribution in [1.82, 2.24) is 5.32 Å². The second kappa shape index (κ2) is 6.93. The Morgan fingerprint density at radius 3 is 2.67 bits per heavy atom. The second-order valence-corrected chi connectivity index (χ2v) is 3.40. The third-order valence-electron chi connectivity index (χ3n) is 2.20. The number of benzene rings is 1. The summed E-state index contributed by atoms with van der Waals surface area (Å²) in [5.74, 6) is -0.597. The van der Waals surface area contributed by atoms with Gasteiger partial charge in [0.25, 0.3) is 0 Å². The first-order chi connectivity index (χ1) is 8.67. The van der Waals surface area contributed by atoms with Crippen LogP contribution < -0.4 is 5.32 Å². The first kappa shape index (κ1) is 13.5. The number of nitrogens with one attached hydrogen (secondary N) is 1. The number of esters is 1. The molecule has 1 rings (SSSR count). The average molecular weight is 248 g/mol. The van der Waals surface area contributed by atoms with Gasteiger partial charge in [-0.2, -0.15) is 0 Å². The van der Waals surface area contributed by atoms with Gasteiger partial charge in [0.2, 0.25) is 0 Å². The molecule has 0 spiro atoms. The molecule has 0 bridgehead atoms. The molecule has 18 heavy (non-hydrogen) atoms. The topological polar surface area (TPSA) is 104 Å². The third kappa shape index (κ3) is 4.15. The lowest BCUT2D eigenvalue weighted by Gasteiger charge is -2.14. The van der Waals surface area contributed by atoms with E-state index in [1.165, 1.54) is 7.11 Å². The van der Waals surface area contributed by atoms with Gasteiger partial charge in [0.1, 0.15) is 6.04 Å². The molecule has 0 aliphatic carbocycles. The Labute approximate surface area is 103 Å². The summed E-state index contributed by atoms with van der Waals surface area (Å²) in [5.41, 5.74) is 8.97. The summed E-state index contributed by atoms with van der Waals surface area (Å²) in [4.78, 5) is 25.0. The minimum Gasteiger partial charge on any atom is -0.467 e. The Bertz CT molecular complexity index is 468. The number of hydrogen-bond acceptors (Lipinski definition) is 3. The zero-order valence-electron chi connectivity index (χ0n) is 9.74. The quantitative estimate of drug-likeness (QED) is 0.380. The summed E-state index contributed by atoms with van der Waals surface area (Å²) in [6.45, 7) is 0. The fourth-order valence-corrected chi connectivity index (χ4v) is 1.40. The van der Waals surface area contributed by atoms with Crippen molar-refractivity contribution in [2.45, 2.75) is 12.5 Å². The van der Waals surface area contributed by atoms with Crippen LogP contribution in [0.1, 0.15) is 5.56 Å². The van der Waals surface area contributed by atoms with Gasteiger partial charge in [0, 0.05) is 16.4 Å². The molecule has 1 aromatic rings. The summed E-state index contributed by atoms with van der Waals surface area (Å²) in [5, 5.41) is 5.13. The van der Waals surface area contributed by atoms with E-state index in [2.05, 4.69) is 20.1 Å². The standard InChI is InChI=1S/C11H12N4O3/c1-18-10(16)9(13-11(17)14-15-12)7-8-5-3-2-4-6-8/h2-6,9H,7H2,1H3,(H,13,17)/t9-/m0/s1. The number of urea groups is 1. The van der Waals surface area contributed by atoms with E-state index in [1.807, 2.05) is 30.3 Å². The fraction of sp³-hybridized carbons (Fsp3) is 0.273. The molecule has 0 saturated carbocycles. The predicted octanol–water partition coefficient (Wildman–Crippen LogP) is 1.79. The van der Waals surface area contributed by atoms with Gasteiger partial charge in [-0.25, -0.2) is 4.79 Å². The van der Waals surface area contributed by atoms with Crippen LogP contribution in [0.2, 0.25) is 0 Å². The molecule has 1 N–H and O–H groups in total. The van der Waals surface area contributed by atoms with E-state index in [1.54, 1.807) is 0 Å². The Morgan fingerprint density at radius 1 is 1.44 bits per heavy atom. The van der Waals surface area contributed by atoms with Crippen LogP contribution >= 0.6 is 0 Å². The molecule has 0 unspecified atom stereocenters. The number of nitrogens with zero attached hydrogens (tertiary/aromatic N) is 3. The summed E-state index contributed by atoms with van der Waals surface area (Å²) in [6, 6.07) is 7.32. The molecule has 7 nitrogen and oxygen atoms in total. The Kier molecular flexibility index (Phi) is 5.21. The average Bonchev–Trinajstić information content (AvgIpc) is 2.38. The molecule has 0 fully saturated rings. The van der Waals surface area contributed by atoms with E-state index < -0.39 is 18.0 Å². The highest BCUT2D eigenvalue weighted by atomic mass is 16.5. The van der Waals surface area contributed by atoms with Gasteiger partial charge in [-0.3, -0.25) is 4.79 Å². The van der Waals surface area contributed by atoms with Crippen molar-refractivity contribution >= 4 is 12.0 Å². The molecule has 2 amide bonds. The lowest BCUT2D eigenvalue weighted by atomic mass is 10.1. The van der Waals surface area contributed by atoms with E-state index in [-0.39, 0.29) is 6.42 Å². The molecule has 0 saturated heterocycles. The number of rotatable bonds is 4. The maximum Gasteiger partial charge on any atom is 0.328 e. The largest absolute Gasteiger partial charge is 0.467 e. The number of methoxy groups -OCH3 is 1. The van der Waals surface area contributed by atoms with Crippen molar-refractivity contribution in [3.8, 4) is 0 Å². The third-order valence-corrected chi connectivity index (χ3v) is 2.20. The van der Waals surface area contributed by atoms with E-state index in [4.69, 9.17) is 5.53 Å². The lowest BCUT2D eigenvalue weighted by molar-refractivity contribution is -0.142. The highest BCUT2D eigenvalue weighted by molar-refractivity contribution is 5.84. The van der Waals surface area contributed by atoms with Gasteiger partial charge in [-0.05, 0) is 11.1 Å². The molecule has 0 aliphatic rings. The molecule has 7 heteroatoms. The van der Waals surface area contributed by atoms with Gasteiger partial charge in [0.15, 0.2) is 0 Å². The molecular formula is C11H12N4O3. The zero-order valence-corrected chi connectivity index (χ0v) is 9.74. The SMILES string of the molecule is COC(=O)[C@H](Cc1ccccc1)NC(=O)N=[N+]=[N-]. The number of carbonyl (C=O) groups excluding carboxylic acids is 2. The number of ether oxygens (including phenoxy) is 1. The summed E-state index contributed by atoms with van der Waals surface area (Å²) < 4.78 is 4.58. The van der Waals surface area contributed by atoms with Crippen LogP contribution in [0.3, 0.4) is 0 Å². The molecule has 0 aliphatic heterocycles. The Balaban J connectivity index is 2.76. The second-order valence-electron chi connectivity index (χ2n) is 3.40. The van der Waals surface area contributed by atoms with E-state index in [9.17, 15) is 9.59 Å².